The highest BCUT2D eigenvalue weighted by Crippen LogP contribution is 2.32. The number of imidazole rings is 1. The number of aromatic amines is 1. The Morgan fingerprint density at radius 2 is 1.62 bits per heavy atom. The van der Waals surface area contributed by atoms with Crippen LogP contribution in [0.2, 0.25) is 0 Å². The quantitative estimate of drug-likeness (QED) is 0.270. The van der Waals surface area contributed by atoms with Gasteiger partial charge in [-0.15, -0.1) is 0 Å². The molecule has 7 nitrogen and oxygen atoms in total. The Hall–Kier alpha value is -3.69. The number of rotatable bonds is 8. The molecule has 0 aliphatic heterocycles. The van der Waals surface area contributed by atoms with Gasteiger partial charge in [-0.2, -0.15) is 0 Å². The van der Waals surface area contributed by atoms with Gasteiger partial charge in [0, 0.05) is 16.8 Å². The average molecular weight is 492 g/mol. The first-order valence-electron chi connectivity index (χ1n) is 10.3. The summed E-state index contributed by atoms with van der Waals surface area (Å²) in [6.07, 6.45) is 0. The predicted octanol–water partition coefficient (Wildman–Crippen LogP) is 4.84. The summed E-state index contributed by atoms with van der Waals surface area (Å²) < 4.78 is 26.6. The predicted molar refractivity (Wildman–Crippen MR) is 132 cm³/mol. The summed E-state index contributed by atoms with van der Waals surface area (Å²) in [7, 11) is -3.89. The Labute approximate surface area is 201 Å². The number of nitrogens with zero attached hydrogens (tertiary/aromatic N) is 1. The van der Waals surface area contributed by atoms with Crippen LogP contribution in [0.3, 0.4) is 0 Å². The van der Waals surface area contributed by atoms with Crippen LogP contribution in [0, 0.1) is 0 Å². The number of benzene rings is 3. The van der Waals surface area contributed by atoms with Crippen molar-refractivity contribution in [1.29, 1.82) is 0 Å². The maximum Gasteiger partial charge on any atom is 0.234 e. The molecule has 172 valence electrons. The van der Waals surface area contributed by atoms with E-state index in [2.05, 4.69) is 15.3 Å². The van der Waals surface area contributed by atoms with E-state index in [1.165, 1.54) is 19.1 Å². The number of nitrogens with one attached hydrogen (secondary N) is 2. The summed E-state index contributed by atoms with van der Waals surface area (Å²) in [5, 5.41) is 2.88. The Morgan fingerprint density at radius 1 is 0.941 bits per heavy atom. The zero-order chi connectivity index (χ0) is 24.1. The van der Waals surface area contributed by atoms with E-state index >= 15 is 0 Å². The lowest BCUT2D eigenvalue weighted by molar-refractivity contribution is -0.113. The highest BCUT2D eigenvalue weighted by molar-refractivity contribution is 8.00. The Balaban J connectivity index is 1.60. The van der Waals surface area contributed by atoms with Crippen molar-refractivity contribution in [3.05, 3.63) is 90.5 Å². The highest BCUT2D eigenvalue weighted by Gasteiger charge is 2.26. The van der Waals surface area contributed by atoms with Gasteiger partial charge in [0.25, 0.3) is 0 Å². The molecule has 0 bridgehead atoms. The summed E-state index contributed by atoms with van der Waals surface area (Å²) in [6.45, 7) is 1.45. The molecule has 0 unspecified atom stereocenters. The van der Waals surface area contributed by atoms with Gasteiger partial charge < -0.3 is 10.3 Å². The van der Waals surface area contributed by atoms with E-state index in [4.69, 9.17) is 0 Å². The molecule has 1 aromatic heterocycles. The molecule has 0 atom stereocenters. The van der Waals surface area contributed by atoms with Crippen molar-refractivity contribution in [2.24, 2.45) is 0 Å². The Morgan fingerprint density at radius 3 is 2.29 bits per heavy atom. The number of anilines is 1. The van der Waals surface area contributed by atoms with Crippen LogP contribution in [-0.2, 0) is 14.6 Å². The zero-order valence-corrected chi connectivity index (χ0v) is 19.8. The molecule has 0 saturated carbocycles. The van der Waals surface area contributed by atoms with E-state index in [0.29, 0.717) is 17.1 Å². The van der Waals surface area contributed by atoms with E-state index in [1.807, 2.05) is 30.3 Å². The Kier molecular flexibility index (Phi) is 6.95. The molecule has 0 fully saturated rings. The molecule has 4 aromatic rings. The molecule has 0 aliphatic rings. The smallest absolute Gasteiger partial charge is 0.234 e. The molecule has 2 N–H and O–H groups in total. The van der Waals surface area contributed by atoms with Crippen molar-refractivity contribution in [2.75, 3.05) is 11.1 Å². The number of ketones is 1. The van der Waals surface area contributed by atoms with Crippen LogP contribution in [0.25, 0.3) is 11.4 Å². The molecule has 1 heterocycles. The van der Waals surface area contributed by atoms with Crippen LogP contribution in [0.15, 0.2) is 99.9 Å². The van der Waals surface area contributed by atoms with E-state index in [0.717, 1.165) is 17.3 Å². The minimum atomic E-state index is -3.89. The molecule has 9 heteroatoms. The van der Waals surface area contributed by atoms with Gasteiger partial charge in [0.15, 0.2) is 10.8 Å². The Bertz CT molecular complexity index is 1430. The zero-order valence-electron chi connectivity index (χ0n) is 18.2. The van der Waals surface area contributed by atoms with Crippen LogP contribution in [-0.4, -0.2) is 35.8 Å². The fourth-order valence-electron chi connectivity index (χ4n) is 3.22. The first-order valence-corrected chi connectivity index (χ1v) is 12.8. The minimum Gasteiger partial charge on any atom is -0.328 e. The van der Waals surface area contributed by atoms with E-state index in [1.54, 1.807) is 42.5 Å². The lowest BCUT2D eigenvalue weighted by Gasteiger charge is -2.07. The van der Waals surface area contributed by atoms with Gasteiger partial charge in [-0.1, -0.05) is 72.4 Å². The van der Waals surface area contributed by atoms with Crippen molar-refractivity contribution in [2.45, 2.75) is 21.9 Å². The second-order valence-corrected chi connectivity index (χ2v) is 10.2. The summed E-state index contributed by atoms with van der Waals surface area (Å²) in [4.78, 5) is 31.7. The van der Waals surface area contributed by atoms with Crippen LogP contribution in [0.4, 0.5) is 5.69 Å². The third-order valence-corrected chi connectivity index (χ3v) is 7.73. The van der Waals surface area contributed by atoms with Gasteiger partial charge in [-0.25, -0.2) is 13.4 Å². The molecule has 0 radical (unpaired) electrons. The van der Waals surface area contributed by atoms with E-state index in [9.17, 15) is 18.0 Å². The van der Waals surface area contributed by atoms with Crippen LogP contribution in [0.5, 0.6) is 0 Å². The first-order chi connectivity index (χ1) is 16.3. The lowest BCUT2D eigenvalue weighted by atomic mass is 10.1. The van der Waals surface area contributed by atoms with Gasteiger partial charge >= 0.3 is 0 Å². The summed E-state index contributed by atoms with van der Waals surface area (Å²) in [5.41, 5.74) is 1.70. The van der Waals surface area contributed by atoms with Gasteiger partial charge in [0.05, 0.1) is 10.6 Å². The lowest BCUT2D eigenvalue weighted by Crippen LogP contribution is -2.14. The van der Waals surface area contributed by atoms with Crippen molar-refractivity contribution in [3.8, 4) is 11.4 Å². The number of hydrogen-bond donors (Lipinski definition) is 2. The van der Waals surface area contributed by atoms with Gasteiger partial charge in [0.2, 0.25) is 15.7 Å². The molecule has 4 rings (SSSR count). The number of sulfone groups is 1. The molecular formula is C25H21N3O4S2. The number of aromatic nitrogens is 2. The number of carbonyl (C=O) groups excluding carboxylic acids is 2. The SMILES string of the molecule is CC(=O)c1cccc(NC(=O)CSc2nc(-c3ccccc3)[nH]c2S(=O)(=O)c2ccccc2)c1. The highest BCUT2D eigenvalue weighted by atomic mass is 32.2. The molecule has 0 spiro atoms. The maximum atomic E-state index is 13.3. The summed E-state index contributed by atoms with van der Waals surface area (Å²) in [5.74, 6) is -0.128. The largest absolute Gasteiger partial charge is 0.328 e. The maximum absolute atomic E-state index is 13.3. The molecule has 34 heavy (non-hydrogen) atoms. The molecule has 1 amide bonds. The van der Waals surface area contributed by atoms with Gasteiger partial charge in [-0.3, -0.25) is 9.59 Å². The topological polar surface area (TPSA) is 109 Å². The second kappa shape index (κ2) is 10.1. The summed E-state index contributed by atoms with van der Waals surface area (Å²) >= 11 is 1.02. The van der Waals surface area contributed by atoms with Crippen molar-refractivity contribution < 1.29 is 18.0 Å². The molecule has 0 saturated heterocycles. The minimum absolute atomic E-state index is 0.0612. The van der Waals surface area contributed by atoms with Crippen LogP contribution >= 0.6 is 11.8 Å². The van der Waals surface area contributed by atoms with E-state index < -0.39 is 9.84 Å². The standard InChI is InChI=1S/C25H21N3O4S2/c1-17(29)19-11-8-12-20(15-19)26-22(30)16-33-24-25(34(31,32)21-13-6-3-7-14-21)28-23(27-24)18-9-4-2-5-10-18/h2-15H,16H2,1H3,(H,26,30)(H,27,28). The third kappa shape index (κ3) is 5.27. The van der Waals surface area contributed by atoms with Gasteiger partial charge in [0.1, 0.15) is 10.9 Å². The van der Waals surface area contributed by atoms with Crippen molar-refractivity contribution >= 4 is 39.0 Å². The van der Waals surface area contributed by atoms with Crippen LogP contribution in [0.1, 0.15) is 17.3 Å². The van der Waals surface area contributed by atoms with Crippen molar-refractivity contribution in [3.63, 3.8) is 0 Å². The normalized spacial score (nSPS) is 11.2. The number of Topliss-reactive ketones (excluding diaryl/α,β-unsaturated/α-hetero) is 1. The molecule has 3 aromatic carbocycles. The van der Waals surface area contributed by atoms with Gasteiger partial charge in [-0.05, 0) is 31.2 Å². The third-order valence-electron chi connectivity index (χ3n) is 4.90. The number of thioether (sulfide) groups is 1. The van der Waals surface area contributed by atoms with Crippen LogP contribution < -0.4 is 5.32 Å². The summed E-state index contributed by atoms with van der Waals surface area (Å²) in [6, 6.07) is 23.9. The van der Waals surface area contributed by atoms with E-state index in [-0.39, 0.29) is 32.4 Å². The first kappa shape index (κ1) is 23.5. The second-order valence-electron chi connectivity index (χ2n) is 7.38. The fraction of sp³-hybridized carbons (Fsp3) is 0.0800. The average Bonchev–Trinajstić information content (AvgIpc) is 3.29. The molecular weight excluding hydrogens is 470 g/mol. The number of hydrogen-bond acceptors (Lipinski definition) is 6. The number of amides is 1. The number of carbonyl (C=O) groups is 2. The van der Waals surface area contributed by atoms with Crippen molar-refractivity contribution in [1.82, 2.24) is 9.97 Å². The number of H-pyrrole nitrogens is 1. The fourth-order valence-corrected chi connectivity index (χ4v) is 5.66. The monoisotopic (exact) mass is 491 g/mol. The molecule has 0 aliphatic carbocycles.